The van der Waals surface area contributed by atoms with Crippen molar-refractivity contribution < 1.29 is 14.7 Å². The number of carbonyl (C=O) groups is 2. The minimum Gasteiger partial charge on any atom is -0.396 e. The Morgan fingerprint density at radius 3 is 2.52 bits per heavy atom. The van der Waals surface area contributed by atoms with E-state index in [1.54, 1.807) is 12.1 Å². The van der Waals surface area contributed by atoms with Crippen LogP contribution < -0.4 is 10.2 Å². The van der Waals surface area contributed by atoms with Crippen LogP contribution in [0, 0.1) is 12.8 Å². The number of aliphatic hydroxyl groups is 1. The number of pyridine rings is 1. The van der Waals surface area contributed by atoms with Crippen LogP contribution in [0.25, 0.3) is 0 Å². The molecule has 2 amide bonds. The first-order chi connectivity index (χ1) is 15.0. The Labute approximate surface area is 183 Å². The number of nitrogens with one attached hydrogen (secondary N) is 1. The molecule has 164 valence electrons. The van der Waals surface area contributed by atoms with E-state index in [1.165, 1.54) is 11.1 Å². The third-order valence-corrected chi connectivity index (χ3v) is 6.43. The number of rotatable bonds is 5. The molecule has 2 atom stereocenters. The van der Waals surface area contributed by atoms with Crippen LogP contribution in [0.2, 0.25) is 0 Å². The Morgan fingerprint density at radius 1 is 1.19 bits per heavy atom. The summed E-state index contributed by atoms with van der Waals surface area (Å²) in [5.41, 5.74) is 3.87. The molecule has 2 fully saturated rings. The summed E-state index contributed by atoms with van der Waals surface area (Å²) in [6, 6.07) is 9.44. The number of amides is 2. The maximum Gasteiger partial charge on any atom is 0.253 e. The first-order valence-corrected chi connectivity index (χ1v) is 11.0. The Kier molecular flexibility index (Phi) is 6.23. The second-order valence-corrected chi connectivity index (χ2v) is 8.40. The minimum absolute atomic E-state index is 0.00629. The second kappa shape index (κ2) is 9.06. The van der Waals surface area contributed by atoms with Gasteiger partial charge in [0.05, 0.1) is 5.92 Å². The lowest BCUT2D eigenvalue weighted by atomic mass is 9.88. The molecule has 2 aliphatic rings. The van der Waals surface area contributed by atoms with E-state index in [0.29, 0.717) is 25.2 Å². The van der Waals surface area contributed by atoms with Gasteiger partial charge in [-0.05, 0) is 42.2 Å². The van der Waals surface area contributed by atoms with Gasteiger partial charge < -0.3 is 20.2 Å². The highest BCUT2D eigenvalue weighted by molar-refractivity contribution is 5.94. The maximum absolute atomic E-state index is 13.0. The second-order valence-electron chi connectivity index (χ2n) is 8.40. The molecule has 7 heteroatoms. The monoisotopic (exact) mass is 422 g/mol. The molecule has 2 aliphatic heterocycles. The number of aliphatic hydroxyl groups excluding tert-OH is 1. The van der Waals surface area contributed by atoms with E-state index in [-0.39, 0.29) is 30.3 Å². The summed E-state index contributed by atoms with van der Waals surface area (Å²) in [4.78, 5) is 33.9. The van der Waals surface area contributed by atoms with Gasteiger partial charge in [0, 0.05) is 57.0 Å². The summed E-state index contributed by atoms with van der Waals surface area (Å²) in [5, 5.41) is 12.3. The van der Waals surface area contributed by atoms with E-state index in [4.69, 9.17) is 0 Å². The van der Waals surface area contributed by atoms with Gasteiger partial charge >= 0.3 is 0 Å². The molecule has 1 unspecified atom stereocenters. The molecule has 1 aromatic carbocycles. The number of hydrogen-bond acceptors (Lipinski definition) is 5. The molecule has 1 aromatic heterocycles. The minimum atomic E-state index is -0.354. The predicted octanol–water partition coefficient (Wildman–Crippen LogP) is 1.74. The third-order valence-electron chi connectivity index (χ3n) is 6.43. The van der Waals surface area contributed by atoms with Crippen molar-refractivity contribution in [3.05, 3.63) is 58.8 Å². The van der Waals surface area contributed by atoms with Gasteiger partial charge in [-0.2, -0.15) is 0 Å². The number of nitrogens with zero attached hydrogens (tertiary/aromatic N) is 3. The summed E-state index contributed by atoms with van der Waals surface area (Å²) in [5.74, 6) is 0.469. The summed E-state index contributed by atoms with van der Waals surface area (Å²) >= 11 is 0. The van der Waals surface area contributed by atoms with Crippen LogP contribution in [-0.4, -0.2) is 66.1 Å². The van der Waals surface area contributed by atoms with Crippen LogP contribution in [0.3, 0.4) is 0 Å². The van der Waals surface area contributed by atoms with Gasteiger partial charge in [-0.1, -0.05) is 25.1 Å². The summed E-state index contributed by atoms with van der Waals surface area (Å²) in [6.07, 6.45) is 2.91. The van der Waals surface area contributed by atoms with Crippen LogP contribution in [0.15, 0.2) is 36.5 Å². The van der Waals surface area contributed by atoms with Crippen molar-refractivity contribution in [1.82, 2.24) is 15.2 Å². The van der Waals surface area contributed by atoms with Crippen LogP contribution in [0.5, 0.6) is 0 Å². The molecule has 31 heavy (non-hydrogen) atoms. The van der Waals surface area contributed by atoms with Crippen LogP contribution in [0.1, 0.15) is 39.9 Å². The zero-order valence-corrected chi connectivity index (χ0v) is 18.2. The summed E-state index contributed by atoms with van der Waals surface area (Å²) in [7, 11) is 0. The van der Waals surface area contributed by atoms with Crippen molar-refractivity contribution in [2.24, 2.45) is 5.92 Å². The van der Waals surface area contributed by atoms with E-state index in [2.05, 4.69) is 35.1 Å². The SMILES string of the molecule is CCc1cnc(N2CCN(C(=O)c3ccc([C@@H]4C(=O)NCC4CO)cc3)CC2)c(C)c1. The average Bonchev–Trinajstić information content (AvgIpc) is 3.19. The van der Waals surface area contributed by atoms with E-state index < -0.39 is 0 Å². The van der Waals surface area contributed by atoms with Crippen LogP contribution in [0.4, 0.5) is 5.82 Å². The van der Waals surface area contributed by atoms with Crippen molar-refractivity contribution >= 4 is 17.6 Å². The van der Waals surface area contributed by atoms with Gasteiger partial charge in [0.15, 0.2) is 0 Å². The number of carbonyl (C=O) groups excluding carboxylic acids is 2. The molecule has 4 rings (SSSR count). The van der Waals surface area contributed by atoms with Crippen molar-refractivity contribution in [3.63, 3.8) is 0 Å². The number of aromatic nitrogens is 1. The van der Waals surface area contributed by atoms with Crippen LogP contribution >= 0.6 is 0 Å². The van der Waals surface area contributed by atoms with E-state index in [1.807, 2.05) is 23.2 Å². The van der Waals surface area contributed by atoms with Crippen molar-refractivity contribution in [1.29, 1.82) is 0 Å². The Balaban J connectivity index is 1.39. The molecular formula is C24H30N4O3. The molecule has 7 nitrogen and oxygen atoms in total. The zero-order valence-electron chi connectivity index (χ0n) is 18.2. The van der Waals surface area contributed by atoms with Gasteiger partial charge in [-0.25, -0.2) is 4.98 Å². The summed E-state index contributed by atoms with van der Waals surface area (Å²) in [6.45, 7) is 7.47. The average molecular weight is 423 g/mol. The number of aryl methyl sites for hydroxylation is 2. The smallest absolute Gasteiger partial charge is 0.253 e. The standard InChI is InChI=1S/C24H30N4O3/c1-3-17-12-16(2)22(25-13-17)27-8-10-28(11-9-27)24(31)19-6-4-18(5-7-19)21-20(15-29)14-26-23(21)30/h4-7,12-13,20-21,29H,3,8-11,14-15H2,1-2H3,(H,26,30)/t20?,21-/m0/s1. The number of anilines is 1. The molecule has 2 saturated heterocycles. The lowest BCUT2D eigenvalue weighted by Crippen LogP contribution is -2.49. The van der Waals surface area contributed by atoms with Crippen molar-refractivity contribution in [3.8, 4) is 0 Å². The third kappa shape index (κ3) is 4.28. The topological polar surface area (TPSA) is 85.8 Å². The molecule has 0 saturated carbocycles. The Hall–Kier alpha value is -2.93. The molecule has 0 bridgehead atoms. The first-order valence-electron chi connectivity index (χ1n) is 11.0. The largest absolute Gasteiger partial charge is 0.396 e. The van der Waals surface area contributed by atoms with Gasteiger partial charge in [0.25, 0.3) is 5.91 Å². The predicted molar refractivity (Wildman–Crippen MR) is 119 cm³/mol. The zero-order chi connectivity index (χ0) is 22.0. The highest BCUT2D eigenvalue weighted by Gasteiger charge is 2.35. The fourth-order valence-corrected chi connectivity index (χ4v) is 4.55. The van der Waals surface area contributed by atoms with E-state index in [9.17, 15) is 14.7 Å². The quantitative estimate of drug-likeness (QED) is 0.767. The summed E-state index contributed by atoms with van der Waals surface area (Å²) < 4.78 is 0. The fraction of sp³-hybridized carbons (Fsp3) is 0.458. The fourth-order valence-electron chi connectivity index (χ4n) is 4.55. The van der Waals surface area contributed by atoms with Crippen molar-refractivity contribution in [2.45, 2.75) is 26.2 Å². The molecule has 2 N–H and O–H groups in total. The lowest BCUT2D eigenvalue weighted by molar-refractivity contribution is -0.120. The van der Waals surface area contributed by atoms with Gasteiger partial charge in [0.1, 0.15) is 5.82 Å². The lowest BCUT2D eigenvalue weighted by Gasteiger charge is -2.36. The molecule has 0 aliphatic carbocycles. The van der Waals surface area contributed by atoms with Gasteiger partial charge in [-0.15, -0.1) is 0 Å². The first kappa shape index (κ1) is 21.3. The Morgan fingerprint density at radius 2 is 1.90 bits per heavy atom. The van der Waals surface area contributed by atoms with Gasteiger partial charge in [-0.3, -0.25) is 9.59 Å². The van der Waals surface area contributed by atoms with E-state index in [0.717, 1.165) is 30.9 Å². The highest BCUT2D eigenvalue weighted by atomic mass is 16.3. The van der Waals surface area contributed by atoms with Crippen LogP contribution in [-0.2, 0) is 11.2 Å². The molecule has 3 heterocycles. The highest BCUT2D eigenvalue weighted by Crippen LogP contribution is 2.29. The number of piperazine rings is 1. The van der Waals surface area contributed by atoms with Gasteiger partial charge in [0.2, 0.25) is 5.91 Å². The molecule has 0 radical (unpaired) electrons. The molecule has 2 aromatic rings. The van der Waals surface area contributed by atoms with Crippen molar-refractivity contribution in [2.75, 3.05) is 44.2 Å². The normalized spacial score (nSPS) is 21.3. The number of hydrogen-bond donors (Lipinski definition) is 2. The molecule has 0 spiro atoms. The Bertz CT molecular complexity index is 952. The maximum atomic E-state index is 13.0. The molecular weight excluding hydrogens is 392 g/mol. The van der Waals surface area contributed by atoms with E-state index >= 15 is 0 Å². The number of benzene rings is 1.